The highest BCUT2D eigenvalue weighted by Crippen LogP contribution is 2.37. The van der Waals surface area contributed by atoms with Gasteiger partial charge < -0.3 is 15.3 Å². The average Bonchev–Trinajstić information content (AvgIpc) is 2.83. The molecular weight excluding hydrogens is 224 g/mol. The Morgan fingerprint density at radius 2 is 2.35 bits per heavy atom. The minimum Gasteiger partial charge on any atom is -0.481 e. The van der Waals surface area contributed by atoms with E-state index in [1.807, 2.05) is 0 Å². The fourth-order valence-electron chi connectivity index (χ4n) is 2.33. The lowest BCUT2D eigenvalue weighted by atomic mass is 9.98. The Morgan fingerprint density at radius 3 is 2.88 bits per heavy atom. The number of rotatable bonds is 4. The molecule has 0 saturated carbocycles. The molecule has 0 bridgehead atoms. The normalized spacial score (nSPS) is 24.9. The molecule has 6 nitrogen and oxygen atoms in total. The molecule has 0 aromatic carbocycles. The number of aliphatic carboxylic acids is 1. The molecule has 2 heterocycles. The van der Waals surface area contributed by atoms with Gasteiger partial charge in [0.2, 0.25) is 5.91 Å². The standard InChI is InChI=1S/C11H14N2O4/c12-9(14)6-13-4-3-7(11(15)16)10(13)8-2-1-5-17-8/h1-2,5,7,10H,3-4,6H2,(H2,12,14)(H,15,16)/t7-,10-/m0/s1. The number of likely N-dealkylation sites (tertiary alicyclic amines) is 1. The number of carbonyl (C=O) groups excluding carboxylic acids is 1. The van der Waals surface area contributed by atoms with E-state index in [-0.39, 0.29) is 6.54 Å². The van der Waals surface area contributed by atoms with Crippen molar-refractivity contribution in [2.24, 2.45) is 11.7 Å². The number of primary amides is 1. The third kappa shape index (κ3) is 2.31. The van der Waals surface area contributed by atoms with Crippen molar-refractivity contribution in [3.63, 3.8) is 0 Å². The molecule has 0 radical (unpaired) electrons. The van der Waals surface area contributed by atoms with Crippen LogP contribution in [0.1, 0.15) is 18.2 Å². The third-order valence-electron chi connectivity index (χ3n) is 3.01. The smallest absolute Gasteiger partial charge is 0.308 e. The summed E-state index contributed by atoms with van der Waals surface area (Å²) in [4.78, 5) is 23.9. The maximum absolute atomic E-state index is 11.2. The highest BCUT2D eigenvalue weighted by atomic mass is 16.4. The second-order valence-electron chi connectivity index (χ2n) is 4.13. The van der Waals surface area contributed by atoms with Crippen LogP contribution in [0.15, 0.2) is 22.8 Å². The van der Waals surface area contributed by atoms with E-state index >= 15 is 0 Å². The Balaban J connectivity index is 2.24. The van der Waals surface area contributed by atoms with Gasteiger partial charge in [-0.05, 0) is 18.6 Å². The molecular formula is C11H14N2O4. The number of carboxylic acid groups (broad SMARTS) is 1. The number of amides is 1. The molecule has 1 aromatic heterocycles. The molecule has 1 aromatic rings. The first-order valence-electron chi connectivity index (χ1n) is 5.38. The quantitative estimate of drug-likeness (QED) is 0.781. The fourth-order valence-corrected chi connectivity index (χ4v) is 2.33. The SMILES string of the molecule is NC(=O)CN1CC[C@H](C(=O)O)[C@H]1c1ccco1. The lowest BCUT2D eigenvalue weighted by Gasteiger charge is -2.23. The molecule has 92 valence electrons. The number of nitrogens with two attached hydrogens (primary N) is 1. The van der Waals surface area contributed by atoms with Crippen molar-refractivity contribution in [1.29, 1.82) is 0 Å². The van der Waals surface area contributed by atoms with Crippen molar-refractivity contribution in [3.05, 3.63) is 24.2 Å². The summed E-state index contributed by atoms with van der Waals surface area (Å²) in [5.41, 5.74) is 5.15. The number of hydrogen-bond donors (Lipinski definition) is 2. The number of furan rings is 1. The highest BCUT2D eigenvalue weighted by molar-refractivity contribution is 5.76. The van der Waals surface area contributed by atoms with Gasteiger partial charge >= 0.3 is 5.97 Å². The summed E-state index contributed by atoms with van der Waals surface area (Å²) >= 11 is 0. The first kappa shape index (κ1) is 11.7. The second kappa shape index (κ2) is 4.58. The minimum atomic E-state index is -0.877. The lowest BCUT2D eigenvalue weighted by molar-refractivity contribution is -0.143. The van der Waals surface area contributed by atoms with Crippen LogP contribution in [0.4, 0.5) is 0 Å². The van der Waals surface area contributed by atoms with E-state index in [9.17, 15) is 9.59 Å². The van der Waals surface area contributed by atoms with Crippen LogP contribution in [0.25, 0.3) is 0 Å². The molecule has 2 rings (SSSR count). The van der Waals surface area contributed by atoms with Crippen LogP contribution in [-0.2, 0) is 9.59 Å². The molecule has 0 spiro atoms. The van der Waals surface area contributed by atoms with E-state index < -0.39 is 23.8 Å². The van der Waals surface area contributed by atoms with Crippen LogP contribution in [0.5, 0.6) is 0 Å². The minimum absolute atomic E-state index is 0.0507. The second-order valence-corrected chi connectivity index (χ2v) is 4.13. The van der Waals surface area contributed by atoms with Crippen molar-refractivity contribution in [3.8, 4) is 0 Å². The van der Waals surface area contributed by atoms with E-state index in [1.165, 1.54) is 6.26 Å². The Labute approximate surface area is 98.0 Å². The zero-order chi connectivity index (χ0) is 12.4. The number of carboxylic acids is 1. The van der Waals surface area contributed by atoms with Crippen LogP contribution in [-0.4, -0.2) is 35.0 Å². The summed E-state index contributed by atoms with van der Waals surface area (Å²) in [6, 6.07) is 3.02. The monoisotopic (exact) mass is 238 g/mol. The van der Waals surface area contributed by atoms with E-state index in [0.717, 1.165) is 0 Å². The van der Waals surface area contributed by atoms with Crippen LogP contribution in [0.2, 0.25) is 0 Å². The average molecular weight is 238 g/mol. The fraction of sp³-hybridized carbons (Fsp3) is 0.455. The molecule has 1 aliphatic heterocycles. The van der Waals surface area contributed by atoms with Crippen LogP contribution in [0.3, 0.4) is 0 Å². The molecule has 0 aliphatic carbocycles. The summed E-state index contributed by atoms with van der Waals surface area (Å²) in [5, 5.41) is 9.15. The Morgan fingerprint density at radius 1 is 1.59 bits per heavy atom. The maximum atomic E-state index is 11.2. The number of nitrogens with zero attached hydrogens (tertiary/aromatic N) is 1. The van der Waals surface area contributed by atoms with Gasteiger partial charge in [-0.2, -0.15) is 0 Å². The van der Waals surface area contributed by atoms with Crippen LogP contribution >= 0.6 is 0 Å². The molecule has 1 saturated heterocycles. The summed E-state index contributed by atoms with van der Waals surface area (Å²) < 4.78 is 5.25. The Kier molecular flexibility index (Phi) is 3.14. The summed E-state index contributed by atoms with van der Waals surface area (Å²) in [7, 11) is 0. The van der Waals surface area contributed by atoms with Gasteiger partial charge in [0, 0.05) is 6.54 Å². The van der Waals surface area contributed by atoms with Crippen molar-refractivity contribution in [1.82, 2.24) is 4.90 Å². The van der Waals surface area contributed by atoms with Crippen molar-refractivity contribution in [2.45, 2.75) is 12.5 Å². The lowest BCUT2D eigenvalue weighted by Crippen LogP contribution is -2.35. The van der Waals surface area contributed by atoms with Gasteiger partial charge in [-0.1, -0.05) is 0 Å². The molecule has 2 atom stereocenters. The molecule has 0 unspecified atom stereocenters. The van der Waals surface area contributed by atoms with Gasteiger partial charge in [-0.25, -0.2) is 0 Å². The number of hydrogen-bond acceptors (Lipinski definition) is 4. The predicted molar refractivity (Wildman–Crippen MR) is 58.0 cm³/mol. The Hall–Kier alpha value is -1.82. The van der Waals surface area contributed by atoms with Crippen LogP contribution < -0.4 is 5.73 Å². The van der Waals surface area contributed by atoms with Gasteiger partial charge in [0.05, 0.1) is 24.8 Å². The topological polar surface area (TPSA) is 96.8 Å². The van der Waals surface area contributed by atoms with Gasteiger partial charge in [-0.15, -0.1) is 0 Å². The van der Waals surface area contributed by atoms with E-state index in [0.29, 0.717) is 18.7 Å². The molecule has 6 heteroatoms. The van der Waals surface area contributed by atoms with E-state index in [2.05, 4.69) is 0 Å². The molecule has 1 fully saturated rings. The predicted octanol–water partition coefficient (Wildman–Crippen LogP) is 0.213. The first-order chi connectivity index (χ1) is 8.09. The first-order valence-corrected chi connectivity index (χ1v) is 5.38. The summed E-state index contributed by atoms with van der Waals surface area (Å²) in [6.45, 7) is 0.584. The summed E-state index contributed by atoms with van der Waals surface area (Å²) in [6.07, 6.45) is 1.99. The van der Waals surface area contributed by atoms with Gasteiger partial charge in [-0.3, -0.25) is 14.5 Å². The van der Waals surface area contributed by atoms with Crippen LogP contribution in [0, 0.1) is 5.92 Å². The maximum Gasteiger partial charge on any atom is 0.308 e. The van der Waals surface area contributed by atoms with Crippen molar-refractivity contribution in [2.75, 3.05) is 13.1 Å². The zero-order valence-electron chi connectivity index (χ0n) is 9.20. The molecule has 3 N–H and O–H groups in total. The molecule has 17 heavy (non-hydrogen) atoms. The zero-order valence-corrected chi connectivity index (χ0v) is 9.20. The largest absolute Gasteiger partial charge is 0.481 e. The molecule has 1 aliphatic rings. The Bertz CT molecular complexity index is 415. The van der Waals surface area contributed by atoms with E-state index in [1.54, 1.807) is 17.0 Å². The summed E-state index contributed by atoms with van der Waals surface area (Å²) in [5.74, 6) is -1.33. The van der Waals surface area contributed by atoms with Gasteiger partial charge in [0.25, 0.3) is 0 Å². The number of carbonyl (C=O) groups is 2. The molecule has 1 amide bonds. The van der Waals surface area contributed by atoms with Gasteiger partial charge in [0.15, 0.2) is 0 Å². The van der Waals surface area contributed by atoms with E-state index in [4.69, 9.17) is 15.3 Å². The van der Waals surface area contributed by atoms with Crippen molar-refractivity contribution >= 4 is 11.9 Å². The van der Waals surface area contributed by atoms with Gasteiger partial charge in [0.1, 0.15) is 5.76 Å². The highest BCUT2D eigenvalue weighted by Gasteiger charge is 2.41. The van der Waals surface area contributed by atoms with Crippen molar-refractivity contribution < 1.29 is 19.1 Å². The third-order valence-corrected chi connectivity index (χ3v) is 3.01.